The van der Waals surface area contributed by atoms with Gasteiger partial charge in [-0.05, 0) is 13.0 Å². The van der Waals surface area contributed by atoms with E-state index in [4.69, 9.17) is 5.11 Å². The van der Waals surface area contributed by atoms with Gasteiger partial charge in [0.05, 0.1) is 23.4 Å². The minimum absolute atomic E-state index is 0.0195. The predicted molar refractivity (Wildman–Crippen MR) is 76.7 cm³/mol. The Hall–Kier alpha value is -1.70. The zero-order valence-electron chi connectivity index (χ0n) is 11.3. The number of aryl methyl sites for hydroxylation is 2. The van der Waals surface area contributed by atoms with Crippen molar-refractivity contribution in [3.05, 3.63) is 28.3 Å². The van der Waals surface area contributed by atoms with E-state index in [1.807, 2.05) is 18.5 Å². The van der Waals surface area contributed by atoms with Gasteiger partial charge in [0.2, 0.25) is 0 Å². The van der Waals surface area contributed by atoms with E-state index in [2.05, 4.69) is 10.3 Å². The Morgan fingerprint density at radius 3 is 2.95 bits per heavy atom. The number of nitrogens with one attached hydrogen (secondary N) is 1. The van der Waals surface area contributed by atoms with E-state index >= 15 is 0 Å². The van der Waals surface area contributed by atoms with E-state index in [0.717, 1.165) is 16.3 Å². The molecule has 2 rings (SSSR count). The van der Waals surface area contributed by atoms with Crippen molar-refractivity contribution in [2.45, 2.75) is 13.0 Å². The first kappa shape index (κ1) is 14.7. The summed E-state index contributed by atoms with van der Waals surface area (Å²) in [7, 11) is 1.78. The molecule has 7 heteroatoms. The van der Waals surface area contributed by atoms with Crippen LogP contribution in [0.2, 0.25) is 0 Å². The molecule has 108 valence electrons. The van der Waals surface area contributed by atoms with E-state index in [9.17, 15) is 9.90 Å². The maximum Gasteiger partial charge on any atom is 0.268 e. The highest BCUT2D eigenvalue weighted by Gasteiger charge is 2.14. The van der Waals surface area contributed by atoms with Crippen molar-refractivity contribution < 1.29 is 15.0 Å². The summed E-state index contributed by atoms with van der Waals surface area (Å²) in [5.74, 6) is -0.293. The van der Waals surface area contributed by atoms with Gasteiger partial charge in [-0.2, -0.15) is 0 Å². The van der Waals surface area contributed by atoms with Crippen LogP contribution in [0.1, 0.15) is 15.5 Å². The maximum atomic E-state index is 12.0. The van der Waals surface area contributed by atoms with Crippen molar-refractivity contribution >= 4 is 17.2 Å². The Balaban J connectivity index is 2.13. The van der Waals surface area contributed by atoms with Gasteiger partial charge in [0, 0.05) is 30.7 Å². The minimum Gasteiger partial charge on any atom is -0.394 e. The minimum atomic E-state index is -0.945. The van der Waals surface area contributed by atoms with Crippen LogP contribution in [0.15, 0.2) is 17.6 Å². The van der Waals surface area contributed by atoms with Gasteiger partial charge in [-0.25, -0.2) is 4.98 Å². The van der Waals surface area contributed by atoms with Gasteiger partial charge in [0.15, 0.2) is 0 Å². The van der Waals surface area contributed by atoms with Gasteiger partial charge in [-0.3, -0.25) is 4.79 Å². The maximum absolute atomic E-state index is 12.0. The second-order valence-corrected chi connectivity index (χ2v) is 5.59. The van der Waals surface area contributed by atoms with Gasteiger partial charge in [0.25, 0.3) is 5.91 Å². The molecule has 2 aromatic rings. The largest absolute Gasteiger partial charge is 0.394 e. The molecule has 0 bridgehead atoms. The number of aromatic nitrogens is 2. The van der Waals surface area contributed by atoms with Crippen LogP contribution in [0, 0.1) is 6.92 Å². The number of hydrogen-bond acceptors (Lipinski definition) is 5. The fraction of sp³-hybridized carbons (Fsp3) is 0.385. The standard InChI is InChI=1S/C13H17N3O3S/c1-8-15-11(7-20-8)9-3-12(16(2)5-9)13(19)14-4-10(18)6-17/h3,5,7,10,17-18H,4,6H2,1-2H3,(H,14,19). The average Bonchev–Trinajstić information content (AvgIpc) is 3.01. The molecule has 2 aromatic heterocycles. The molecule has 0 aliphatic carbocycles. The highest BCUT2D eigenvalue weighted by Crippen LogP contribution is 2.23. The van der Waals surface area contributed by atoms with E-state index in [1.165, 1.54) is 0 Å². The zero-order chi connectivity index (χ0) is 14.7. The monoisotopic (exact) mass is 295 g/mol. The summed E-state index contributed by atoms with van der Waals surface area (Å²) >= 11 is 1.56. The third-order valence-electron chi connectivity index (χ3n) is 2.86. The number of nitrogens with zero attached hydrogens (tertiary/aromatic N) is 2. The lowest BCUT2D eigenvalue weighted by Crippen LogP contribution is -2.34. The number of thiazole rings is 1. The van der Waals surface area contributed by atoms with Gasteiger partial charge in [-0.15, -0.1) is 11.3 Å². The number of aliphatic hydroxyl groups is 2. The molecule has 3 N–H and O–H groups in total. The van der Waals surface area contributed by atoms with Crippen LogP contribution < -0.4 is 5.32 Å². The lowest BCUT2D eigenvalue weighted by atomic mass is 10.2. The molecule has 0 spiro atoms. The molecule has 0 aliphatic heterocycles. The van der Waals surface area contributed by atoms with Crippen molar-refractivity contribution in [2.24, 2.45) is 7.05 Å². The normalized spacial score (nSPS) is 12.4. The van der Waals surface area contributed by atoms with Crippen molar-refractivity contribution in [3.63, 3.8) is 0 Å². The van der Waals surface area contributed by atoms with Crippen LogP contribution in [0.25, 0.3) is 11.3 Å². The van der Waals surface area contributed by atoms with Crippen molar-refractivity contribution in [1.82, 2.24) is 14.9 Å². The van der Waals surface area contributed by atoms with Crippen molar-refractivity contribution in [3.8, 4) is 11.3 Å². The summed E-state index contributed by atoms with van der Waals surface area (Å²) in [6.07, 6.45) is 0.895. The number of rotatable bonds is 5. The molecule has 6 nitrogen and oxygen atoms in total. The number of carbonyl (C=O) groups excluding carboxylic acids is 1. The first-order chi connectivity index (χ1) is 9.51. The molecule has 1 amide bonds. The van der Waals surface area contributed by atoms with Gasteiger partial charge in [0.1, 0.15) is 5.69 Å². The van der Waals surface area contributed by atoms with Crippen LogP contribution in [-0.4, -0.2) is 44.9 Å². The summed E-state index contributed by atoms with van der Waals surface area (Å²) in [4.78, 5) is 16.4. The molecule has 0 saturated heterocycles. The SMILES string of the molecule is Cc1nc(-c2cc(C(=O)NCC(O)CO)n(C)c2)cs1. The highest BCUT2D eigenvalue weighted by molar-refractivity contribution is 7.09. The van der Waals surface area contributed by atoms with Crippen LogP contribution in [-0.2, 0) is 7.05 Å². The summed E-state index contributed by atoms with van der Waals surface area (Å²) in [5, 5.41) is 23.4. The molecule has 20 heavy (non-hydrogen) atoms. The van der Waals surface area contributed by atoms with E-state index < -0.39 is 6.10 Å². The molecule has 0 saturated carbocycles. The number of hydrogen-bond donors (Lipinski definition) is 3. The Bertz CT molecular complexity index is 606. The first-order valence-corrected chi connectivity index (χ1v) is 7.05. The summed E-state index contributed by atoms with van der Waals surface area (Å²) in [5.41, 5.74) is 2.21. The first-order valence-electron chi connectivity index (χ1n) is 6.17. The molecule has 0 aliphatic rings. The number of carbonyl (C=O) groups is 1. The van der Waals surface area contributed by atoms with Crippen LogP contribution in [0.5, 0.6) is 0 Å². The third kappa shape index (κ3) is 3.24. The van der Waals surface area contributed by atoms with Crippen LogP contribution in [0.3, 0.4) is 0 Å². The Labute approximate surface area is 120 Å². The van der Waals surface area contributed by atoms with Crippen molar-refractivity contribution in [1.29, 1.82) is 0 Å². The van der Waals surface area contributed by atoms with Crippen LogP contribution >= 0.6 is 11.3 Å². The van der Waals surface area contributed by atoms with Crippen LogP contribution in [0.4, 0.5) is 0 Å². The Morgan fingerprint density at radius 2 is 2.35 bits per heavy atom. The van der Waals surface area contributed by atoms with Gasteiger partial charge < -0.3 is 20.1 Å². The van der Waals surface area contributed by atoms with E-state index in [0.29, 0.717) is 5.69 Å². The lowest BCUT2D eigenvalue weighted by Gasteiger charge is -2.09. The van der Waals surface area contributed by atoms with E-state index in [-0.39, 0.29) is 19.1 Å². The van der Waals surface area contributed by atoms with E-state index in [1.54, 1.807) is 29.0 Å². The molecule has 0 radical (unpaired) electrons. The average molecular weight is 295 g/mol. The molecule has 0 fully saturated rings. The number of amides is 1. The third-order valence-corrected chi connectivity index (χ3v) is 3.63. The quantitative estimate of drug-likeness (QED) is 0.751. The summed E-state index contributed by atoms with van der Waals surface area (Å²) in [6, 6.07) is 1.76. The van der Waals surface area contributed by atoms with Gasteiger partial charge >= 0.3 is 0 Å². The zero-order valence-corrected chi connectivity index (χ0v) is 12.1. The topological polar surface area (TPSA) is 87.4 Å². The molecule has 1 unspecified atom stereocenters. The molecular weight excluding hydrogens is 278 g/mol. The fourth-order valence-corrected chi connectivity index (χ4v) is 2.41. The van der Waals surface area contributed by atoms with Gasteiger partial charge in [-0.1, -0.05) is 0 Å². The lowest BCUT2D eigenvalue weighted by molar-refractivity contribution is 0.0797. The fourth-order valence-electron chi connectivity index (χ4n) is 1.79. The molecule has 1 atom stereocenters. The molecular formula is C13H17N3O3S. The smallest absolute Gasteiger partial charge is 0.268 e. The highest BCUT2D eigenvalue weighted by atomic mass is 32.1. The number of aliphatic hydroxyl groups excluding tert-OH is 2. The Morgan fingerprint density at radius 1 is 1.60 bits per heavy atom. The molecule has 2 heterocycles. The predicted octanol–water partition coefficient (Wildman–Crippen LogP) is 0.540. The second-order valence-electron chi connectivity index (χ2n) is 4.52. The Kier molecular flexibility index (Phi) is 4.53. The molecule has 0 aromatic carbocycles. The summed E-state index contributed by atoms with van der Waals surface area (Å²) in [6.45, 7) is 1.57. The summed E-state index contributed by atoms with van der Waals surface area (Å²) < 4.78 is 1.71. The second kappa shape index (κ2) is 6.17. The van der Waals surface area contributed by atoms with Crippen molar-refractivity contribution in [2.75, 3.05) is 13.2 Å².